The number of nitrogens with zero attached hydrogens (tertiary/aromatic N) is 3. The summed E-state index contributed by atoms with van der Waals surface area (Å²) in [5.74, 6) is -0.741. The first kappa shape index (κ1) is 20.5. The van der Waals surface area contributed by atoms with Gasteiger partial charge in [-0.3, -0.25) is 0 Å². The Morgan fingerprint density at radius 3 is 2.41 bits per heavy atom. The molecule has 0 bridgehead atoms. The lowest BCUT2D eigenvalue weighted by atomic mass is 10.1. The molecule has 152 valence electrons. The Bertz CT molecular complexity index is 1010. The maximum atomic E-state index is 14.2. The highest BCUT2D eigenvalue weighted by Crippen LogP contribution is 2.24. The lowest BCUT2D eigenvalue weighted by Gasteiger charge is -2.24. The van der Waals surface area contributed by atoms with Gasteiger partial charge in [0.05, 0.1) is 11.9 Å². The number of rotatable bonds is 4. The van der Waals surface area contributed by atoms with Crippen molar-refractivity contribution in [3.8, 4) is 16.8 Å². The molecule has 0 N–H and O–H groups in total. The third kappa shape index (κ3) is 5.40. The summed E-state index contributed by atoms with van der Waals surface area (Å²) in [4.78, 5) is 13.6. The van der Waals surface area contributed by atoms with Crippen molar-refractivity contribution in [3.05, 3.63) is 72.1 Å². The van der Waals surface area contributed by atoms with Crippen LogP contribution in [0.25, 0.3) is 16.8 Å². The van der Waals surface area contributed by atoms with E-state index in [9.17, 15) is 13.6 Å². The molecule has 3 rings (SSSR count). The van der Waals surface area contributed by atoms with E-state index in [-0.39, 0.29) is 12.4 Å². The molecule has 0 aliphatic rings. The van der Waals surface area contributed by atoms with Gasteiger partial charge in [-0.2, -0.15) is 5.10 Å². The molecule has 0 saturated carbocycles. The van der Waals surface area contributed by atoms with Gasteiger partial charge in [0, 0.05) is 25.4 Å². The molecule has 0 spiro atoms. The molecule has 1 heterocycles. The number of carbonyl (C=O) groups excluding carboxylic acids is 1. The van der Waals surface area contributed by atoms with Gasteiger partial charge in [0.15, 0.2) is 0 Å². The minimum absolute atomic E-state index is 0.200. The average Bonchev–Trinajstić information content (AvgIpc) is 3.10. The van der Waals surface area contributed by atoms with Crippen LogP contribution in [0.5, 0.6) is 0 Å². The second-order valence-electron chi connectivity index (χ2n) is 7.83. The largest absolute Gasteiger partial charge is 0.444 e. The maximum absolute atomic E-state index is 14.2. The number of ether oxygens (including phenoxy) is 1. The highest BCUT2D eigenvalue weighted by molar-refractivity contribution is 5.68. The van der Waals surface area contributed by atoms with Gasteiger partial charge in [-0.1, -0.05) is 0 Å². The first-order valence-electron chi connectivity index (χ1n) is 9.15. The quantitative estimate of drug-likeness (QED) is 0.607. The molecule has 2 aromatic carbocycles. The van der Waals surface area contributed by atoms with E-state index in [1.165, 1.54) is 29.2 Å². The Balaban J connectivity index is 1.81. The van der Waals surface area contributed by atoms with Crippen LogP contribution in [0.15, 0.2) is 54.9 Å². The van der Waals surface area contributed by atoms with E-state index in [0.29, 0.717) is 22.4 Å². The van der Waals surface area contributed by atoms with Gasteiger partial charge < -0.3 is 9.64 Å². The normalized spacial score (nSPS) is 11.4. The second kappa shape index (κ2) is 8.03. The van der Waals surface area contributed by atoms with Gasteiger partial charge in [0.25, 0.3) is 0 Å². The number of halogens is 2. The first-order valence-corrected chi connectivity index (χ1v) is 9.15. The highest BCUT2D eigenvalue weighted by atomic mass is 19.1. The van der Waals surface area contributed by atoms with Gasteiger partial charge in [-0.05, 0) is 74.4 Å². The van der Waals surface area contributed by atoms with Gasteiger partial charge in [0.1, 0.15) is 17.2 Å². The second-order valence-corrected chi connectivity index (χ2v) is 7.83. The monoisotopic (exact) mass is 399 g/mol. The Kier molecular flexibility index (Phi) is 5.68. The van der Waals surface area contributed by atoms with Crippen molar-refractivity contribution in [1.82, 2.24) is 14.7 Å². The van der Waals surface area contributed by atoms with Crippen LogP contribution >= 0.6 is 0 Å². The molecule has 7 heteroatoms. The summed E-state index contributed by atoms with van der Waals surface area (Å²) in [7, 11) is 1.60. The zero-order valence-corrected chi connectivity index (χ0v) is 16.8. The topological polar surface area (TPSA) is 47.4 Å². The summed E-state index contributed by atoms with van der Waals surface area (Å²) in [5, 5.41) is 4.27. The van der Waals surface area contributed by atoms with Crippen molar-refractivity contribution in [2.45, 2.75) is 32.9 Å². The van der Waals surface area contributed by atoms with Crippen molar-refractivity contribution in [1.29, 1.82) is 0 Å². The van der Waals surface area contributed by atoms with E-state index in [1.807, 2.05) is 0 Å². The standard InChI is InChI=1S/C22H23F2N3O2/c1-22(2,3)29-21(28)26(4)13-15-9-16(11-19(24)10-15)17-12-25-27(14-17)20-7-5-18(23)6-8-20/h5-12,14H,13H2,1-4H3. The molecule has 0 aliphatic carbocycles. The predicted octanol–water partition coefficient (Wildman–Crippen LogP) is 5.18. The number of carbonyl (C=O) groups is 1. The molecular weight excluding hydrogens is 376 g/mol. The van der Waals surface area contributed by atoms with Crippen LogP contribution in [0.4, 0.5) is 13.6 Å². The molecule has 0 saturated heterocycles. The third-order valence-electron chi connectivity index (χ3n) is 4.09. The summed E-state index contributed by atoms with van der Waals surface area (Å²) in [6.45, 7) is 5.57. The zero-order valence-electron chi connectivity index (χ0n) is 16.8. The summed E-state index contributed by atoms with van der Waals surface area (Å²) in [6, 6.07) is 10.5. The van der Waals surface area contributed by atoms with Gasteiger partial charge >= 0.3 is 6.09 Å². The van der Waals surface area contributed by atoms with Crippen LogP contribution in [0.2, 0.25) is 0 Å². The zero-order chi connectivity index (χ0) is 21.2. The Labute approximate surface area is 168 Å². The van der Waals surface area contributed by atoms with Crippen molar-refractivity contribution < 1.29 is 18.3 Å². The molecule has 0 fully saturated rings. The SMILES string of the molecule is CN(Cc1cc(F)cc(-c2cnn(-c3ccc(F)cc3)c2)c1)C(=O)OC(C)(C)C. The third-order valence-corrected chi connectivity index (χ3v) is 4.09. The van der Waals surface area contributed by atoms with Gasteiger partial charge in [-0.25, -0.2) is 18.3 Å². The lowest BCUT2D eigenvalue weighted by molar-refractivity contribution is 0.0285. The Morgan fingerprint density at radius 1 is 1.07 bits per heavy atom. The minimum atomic E-state index is -0.604. The van der Waals surface area contributed by atoms with E-state index >= 15 is 0 Å². The molecule has 29 heavy (non-hydrogen) atoms. The smallest absolute Gasteiger partial charge is 0.410 e. The molecule has 0 radical (unpaired) electrons. The maximum Gasteiger partial charge on any atom is 0.410 e. The summed E-state index contributed by atoms with van der Waals surface area (Å²) in [5.41, 5.74) is 2.05. The van der Waals surface area contributed by atoms with E-state index in [1.54, 1.807) is 63.1 Å². The molecule has 5 nitrogen and oxygen atoms in total. The fourth-order valence-corrected chi connectivity index (χ4v) is 2.79. The Hall–Kier alpha value is -3.22. The fraction of sp³-hybridized carbons (Fsp3) is 0.273. The van der Waals surface area contributed by atoms with Crippen LogP contribution in [0.1, 0.15) is 26.3 Å². The Morgan fingerprint density at radius 2 is 1.76 bits per heavy atom. The van der Waals surface area contributed by atoms with Crippen molar-refractivity contribution in [2.75, 3.05) is 7.05 Å². The molecule has 0 atom stereocenters. The average molecular weight is 399 g/mol. The van der Waals surface area contributed by atoms with E-state index in [4.69, 9.17) is 4.74 Å². The van der Waals surface area contributed by atoms with E-state index in [0.717, 1.165) is 0 Å². The van der Waals surface area contributed by atoms with E-state index < -0.39 is 17.5 Å². The summed E-state index contributed by atoms with van der Waals surface area (Å²) >= 11 is 0. The molecule has 1 aromatic heterocycles. The van der Waals surface area contributed by atoms with E-state index in [2.05, 4.69) is 5.10 Å². The molecule has 1 amide bonds. The van der Waals surface area contributed by atoms with Gasteiger partial charge in [-0.15, -0.1) is 0 Å². The summed E-state index contributed by atoms with van der Waals surface area (Å²) in [6.07, 6.45) is 2.87. The van der Waals surface area contributed by atoms with Crippen LogP contribution < -0.4 is 0 Å². The number of amides is 1. The first-order chi connectivity index (χ1) is 13.6. The van der Waals surface area contributed by atoms with Crippen molar-refractivity contribution in [2.24, 2.45) is 0 Å². The number of aromatic nitrogens is 2. The molecule has 0 unspecified atom stereocenters. The summed E-state index contributed by atoms with van der Waals surface area (Å²) < 4.78 is 34.2. The van der Waals surface area contributed by atoms with Gasteiger partial charge in [0.2, 0.25) is 0 Å². The highest BCUT2D eigenvalue weighted by Gasteiger charge is 2.20. The van der Waals surface area contributed by atoms with Crippen LogP contribution in [0.3, 0.4) is 0 Å². The minimum Gasteiger partial charge on any atom is -0.444 e. The molecule has 0 aliphatic heterocycles. The number of hydrogen-bond donors (Lipinski definition) is 0. The predicted molar refractivity (Wildman–Crippen MR) is 107 cm³/mol. The van der Waals surface area contributed by atoms with Crippen LogP contribution in [0, 0.1) is 11.6 Å². The van der Waals surface area contributed by atoms with Crippen LogP contribution in [-0.2, 0) is 11.3 Å². The van der Waals surface area contributed by atoms with Crippen LogP contribution in [-0.4, -0.2) is 33.4 Å². The lowest BCUT2D eigenvalue weighted by Crippen LogP contribution is -2.33. The molecular formula is C22H23F2N3O2. The van der Waals surface area contributed by atoms with Crippen molar-refractivity contribution in [3.63, 3.8) is 0 Å². The number of benzene rings is 2. The number of hydrogen-bond acceptors (Lipinski definition) is 3. The fourth-order valence-electron chi connectivity index (χ4n) is 2.79. The van der Waals surface area contributed by atoms with Crippen molar-refractivity contribution >= 4 is 6.09 Å². The molecule has 3 aromatic rings.